The molecule has 0 aliphatic carbocycles. The molecule has 1 aliphatic rings. The predicted molar refractivity (Wildman–Crippen MR) is 124 cm³/mol. The van der Waals surface area contributed by atoms with Crippen LogP contribution in [0.3, 0.4) is 0 Å². The van der Waals surface area contributed by atoms with Gasteiger partial charge in [0.05, 0.1) is 4.90 Å². The van der Waals surface area contributed by atoms with Crippen LogP contribution in [-0.2, 0) is 10.0 Å². The molecule has 0 bridgehead atoms. The maximum absolute atomic E-state index is 13.1. The Labute approximate surface area is 190 Å². The van der Waals surface area contributed by atoms with Crippen molar-refractivity contribution in [3.63, 3.8) is 0 Å². The molecule has 0 amide bonds. The monoisotopic (exact) mass is 477 g/mol. The molecule has 1 fully saturated rings. The summed E-state index contributed by atoms with van der Waals surface area (Å²) in [4.78, 5) is 2.15. The molecular formula is C22H21F2N3O3S2. The Balaban J connectivity index is 1.37. The lowest BCUT2D eigenvalue weighted by atomic mass is 10.1. The maximum Gasteiger partial charge on any atom is 0.387 e. The van der Waals surface area contributed by atoms with Gasteiger partial charge in [-0.1, -0.05) is 30.3 Å². The first-order valence-corrected chi connectivity index (χ1v) is 11.8. The highest BCUT2D eigenvalue weighted by Gasteiger charge is 2.29. The van der Waals surface area contributed by atoms with E-state index in [4.69, 9.17) is 12.2 Å². The summed E-state index contributed by atoms with van der Waals surface area (Å²) in [7, 11) is -3.61. The van der Waals surface area contributed by atoms with Gasteiger partial charge in [-0.3, -0.25) is 0 Å². The first kappa shape index (κ1) is 22.4. The van der Waals surface area contributed by atoms with Crippen molar-refractivity contribution in [2.24, 2.45) is 0 Å². The van der Waals surface area contributed by atoms with Gasteiger partial charge >= 0.3 is 6.61 Å². The standard InChI is InChI=1S/C22H21F2N3O3S2/c23-21(24)30-19-8-6-18(7-9-19)25-22(31)26-11-13-27(14-12-26)32(28,29)20-10-5-16-3-1-2-4-17(16)15-20/h1-10,15,21H,11-14H2,(H,25,31). The Morgan fingerprint density at radius 3 is 2.25 bits per heavy atom. The molecule has 4 rings (SSSR count). The third-order valence-electron chi connectivity index (χ3n) is 5.22. The van der Waals surface area contributed by atoms with Crippen molar-refractivity contribution in [3.05, 3.63) is 66.7 Å². The predicted octanol–water partition coefficient (Wildman–Crippen LogP) is 4.14. The zero-order valence-electron chi connectivity index (χ0n) is 16.9. The number of ether oxygens (including phenoxy) is 1. The van der Waals surface area contributed by atoms with Crippen LogP contribution < -0.4 is 10.1 Å². The molecule has 168 valence electrons. The van der Waals surface area contributed by atoms with Gasteiger partial charge in [0, 0.05) is 31.9 Å². The van der Waals surface area contributed by atoms with E-state index in [2.05, 4.69) is 10.1 Å². The average Bonchev–Trinajstić information content (AvgIpc) is 2.79. The van der Waals surface area contributed by atoms with Crippen molar-refractivity contribution < 1.29 is 21.9 Å². The van der Waals surface area contributed by atoms with Crippen molar-refractivity contribution in [3.8, 4) is 5.75 Å². The van der Waals surface area contributed by atoms with E-state index in [1.165, 1.54) is 16.4 Å². The molecule has 1 heterocycles. The number of halogens is 2. The minimum absolute atomic E-state index is 0.0592. The normalized spacial score (nSPS) is 15.2. The van der Waals surface area contributed by atoms with E-state index in [1.54, 1.807) is 24.3 Å². The number of thiocarbonyl (C=S) groups is 1. The molecule has 3 aromatic carbocycles. The SMILES string of the molecule is O=S(=O)(c1ccc2ccccc2c1)N1CCN(C(=S)Nc2ccc(OC(F)F)cc2)CC1. The Hall–Kier alpha value is -2.82. The van der Waals surface area contributed by atoms with Gasteiger partial charge in [0.25, 0.3) is 0 Å². The number of rotatable bonds is 5. The number of nitrogens with one attached hydrogen (secondary N) is 1. The van der Waals surface area contributed by atoms with Gasteiger partial charge < -0.3 is 15.0 Å². The van der Waals surface area contributed by atoms with Crippen LogP contribution in [-0.4, -0.2) is 55.5 Å². The molecular weight excluding hydrogens is 456 g/mol. The quantitative estimate of drug-likeness (QED) is 0.558. The summed E-state index contributed by atoms with van der Waals surface area (Å²) in [5, 5.41) is 5.35. The van der Waals surface area contributed by atoms with E-state index in [9.17, 15) is 17.2 Å². The molecule has 1 aliphatic heterocycles. The molecule has 0 aromatic heterocycles. The third kappa shape index (κ3) is 4.98. The number of nitrogens with zero attached hydrogens (tertiary/aromatic N) is 2. The number of benzene rings is 3. The zero-order valence-corrected chi connectivity index (χ0v) is 18.6. The van der Waals surface area contributed by atoms with Crippen molar-refractivity contribution in [2.75, 3.05) is 31.5 Å². The highest BCUT2D eigenvalue weighted by atomic mass is 32.2. The molecule has 0 saturated carbocycles. The van der Waals surface area contributed by atoms with E-state index in [1.807, 2.05) is 35.2 Å². The zero-order chi connectivity index (χ0) is 22.7. The topological polar surface area (TPSA) is 61.9 Å². The lowest BCUT2D eigenvalue weighted by Gasteiger charge is -2.35. The first-order chi connectivity index (χ1) is 15.3. The molecule has 32 heavy (non-hydrogen) atoms. The van der Waals surface area contributed by atoms with Crippen LogP contribution in [0.4, 0.5) is 14.5 Å². The van der Waals surface area contributed by atoms with E-state index in [-0.39, 0.29) is 10.6 Å². The van der Waals surface area contributed by atoms with E-state index in [0.717, 1.165) is 10.8 Å². The fourth-order valence-corrected chi connectivity index (χ4v) is 5.29. The summed E-state index contributed by atoms with van der Waals surface area (Å²) < 4.78 is 56.5. The van der Waals surface area contributed by atoms with Gasteiger partial charge in [0.15, 0.2) is 5.11 Å². The first-order valence-electron chi connectivity index (χ1n) is 9.93. The summed E-state index contributed by atoms with van der Waals surface area (Å²) >= 11 is 5.43. The number of anilines is 1. The number of fused-ring (bicyclic) bond motifs is 1. The molecule has 10 heteroatoms. The summed E-state index contributed by atoms with van der Waals surface area (Å²) in [6.07, 6.45) is 0. The van der Waals surface area contributed by atoms with Gasteiger partial charge in [-0.05, 0) is 59.4 Å². The van der Waals surface area contributed by atoms with Gasteiger partial charge in [-0.15, -0.1) is 0 Å². The van der Waals surface area contributed by atoms with Crippen LogP contribution in [0, 0.1) is 0 Å². The van der Waals surface area contributed by atoms with Crippen LogP contribution in [0.2, 0.25) is 0 Å². The number of sulfonamides is 1. The third-order valence-corrected chi connectivity index (χ3v) is 7.47. The van der Waals surface area contributed by atoms with Gasteiger partial charge in [-0.2, -0.15) is 13.1 Å². The summed E-state index contributed by atoms with van der Waals surface area (Å²) in [6, 6.07) is 18.8. The lowest BCUT2D eigenvalue weighted by molar-refractivity contribution is -0.0498. The maximum atomic E-state index is 13.1. The van der Waals surface area contributed by atoms with E-state index >= 15 is 0 Å². The molecule has 0 unspecified atom stereocenters. The van der Waals surface area contributed by atoms with Gasteiger partial charge in [0.2, 0.25) is 10.0 Å². The fraction of sp³-hybridized carbons (Fsp3) is 0.227. The summed E-state index contributed by atoms with van der Waals surface area (Å²) in [5.74, 6) is 0.0592. The molecule has 0 atom stereocenters. The highest BCUT2D eigenvalue weighted by molar-refractivity contribution is 7.89. The number of alkyl halides is 2. The van der Waals surface area contributed by atoms with Crippen molar-refractivity contribution in [1.29, 1.82) is 0 Å². The minimum Gasteiger partial charge on any atom is -0.435 e. The molecule has 1 N–H and O–H groups in total. The minimum atomic E-state index is -3.61. The molecule has 3 aromatic rings. The Morgan fingerprint density at radius 2 is 1.59 bits per heavy atom. The second kappa shape index (κ2) is 9.35. The number of piperazine rings is 1. The van der Waals surface area contributed by atoms with Crippen molar-refractivity contribution >= 4 is 43.8 Å². The van der Waals surface area contributed by atoms with Crippen LogP contribution in [0.25, 0.3) is 10.8 Å². The fourth-order valence-electron chi connectivity index (χ4n) is 3.53. The second-order valence-electron chi connectivity index (χ2n) is 7.23. The van der Waals surface area contributed by atoms with Crippen LogP contribution in [0.1, 0.15) is 0 Å². The Morgan fingerprint density at radius 1 is 0.938 bits per heavy atom. The van der Waals surface area contributed by atoms with Gasteiger partial charge in [-0.25, -0.2) is 8.42 Å². The van der Waals surface area contributed by atoms with E-state index < -0.39 is 16.6 Å². The number of hydrogen-bond acceptors (Lipinski definition) is 4. The van der Waals surface area contributed by atoms with E-state index in [0.29, 0.717) is 37.0 Å². The summed E-state index contributed by atoms with van der Waals surface area (Å²) in [6.45, 7) is -1.40. The molecule has 0 spiro atoms. The average molecular weight is 478 g/mol. The smallest absolute Gasteiger partial charge is 0.387 e. The number of hydrogen-bond donors (Lipinski definition) is 1. The Kier molecular flexibility index (Phi) is 6.54. The summed E-state index contributed by atoms with van der Waals surface area (Å²) in [5.41, 5.74) is 0.628. The molecule has 0 radical (unpaired) electrons. The Bertz CT molecular complexity index is 1210. The molecule has 1 saturated heterocycles. The largest absolute Gasteiger partial charge is 0.435 e. The van der Waals surface area contributed by atoms with Crippen LogP contribution >= 0.6 is 12.2 Å². The van der Waals surface area contributed by atoms with Crippen molar-refractivity contribution in [1.82, 2.24) is 9.21 Å². The van der Waals surface area contributed by atoms with Gasteiger partial charge in [0.1, 0.15) is 5.75 Å². The molecule has 6 nitrogen and oxygen atoms in total. The van der Waals surface area contributed by atoms with Crippen molar-refractivity contribution in [2.45, 2.75) is 11.5 Å². The van der Waals surface area contributed by atoms with Crippen LogP contribution in [0.15, 0.2) is 71.6 Å². The lowest BCUT2D eigenvalue weighted by Crippen LogP contribution is -2.51. The highest BCUT2D eigenvalue weighted by Crippen LogP contribution is 2.23. The van der Waals surface area contributed by atoms with Crippen LogP contribution in [0.5, 0.6) is 5.75 Å². The second-order valence-corrected chi connectivity index (χ2v) is 9.56.